The minimum absolute atomic E-state index is 0.469. The molecule has 7 unspecified atom stereocenters. The molecule has 4 rings (SSSR count). The summed E-state index contributed by atoms with van der Waals surface area (Å²) in [6, 6.07) is 0.469. The Balaban J connectivity index is 1.28. The number of hydrogen-bond donors (Lipinski definition) is 1. The van der Waals surface area contributed by atoms with Gasteiger partial charge in [-0.05, 0) is 80.5 Å². The van der Waals surface area contributed by atoms with Crippen molar-refractivity contribution in [3.63, 3.8) is 0 Å². The first kappa shape index (κ1) is 13.1. The number of hydrogen-bond acceptors (Lipinski definition) is 1. The summed E-state index contributed by atoms with van der Waals surface area (Å²) in [5, 5.41) is 0. The molecule has 3 fully saturated rings. The zero-order valence-electron chi connectivity index (χ0n) is 12.8. The smallest absolute Gasteiger partial charge is 0.00729 e. The monoisotopic (exact) mass is 271 g/mol. The van der Waals surface area contributed by atoms with Crippen LogP contribution in [0.4, 0.5) is 0 Å². The molecule has 0 amide bonds. The van der Waals surface area contributed by atoms with Crippen LogP contribution >= 0.6 is 0 Å². The van der Waals surface area contributed by atoms with E-state index in [0.717, 1.165) is 35.5 Å². The van der Waals surface area contributed by atoms with Crippen molar-refractivity contribution in [2.45, 2.75) is 57.9 Å². The maximum atomic E-state index is 6.44. The normalized spacial score (nSPS) is 49.5. The van der Waals surface area contributed by atoms with E-state index in [1.54, 1.807) is 12.0 Å². The standard InChI is InChI=1S/C19H29N/c1-12-6-16-11-17(19(12)16)9-14-8-15(18(20)10-14)7-13-4-2-3-5-13/h2-4,12,14-19H,5-11,20H2,1H3. The van der Waals surface area contributed by atoms with Gasteiger partial charge in [0.05, 0.1) is 0 Å². The van der Waals surface area contributed by atoms with Crippen molar-refractivity contribution in [3.05, 3.63) is 23.8 Å². The van der Waals surface area contributed by atoms with Gasteiger partial charge in [0.1, 0.15) is 0 Å². The number of nitrogens with two attached hydrogens (primary N) is 1. The molecule has 7 atom stereocenters. The van der Waals surface area contributed by atoms with Crippen molar-refractivity contribution in [1.82, 2.24) is 0 Å². The van der Waals surface area contributed by atoms with Crippen molar-refractivity contribution >= 4 is 0 Å². The largest absolute Gasteiger partial charge is 0.327 e. The molecule has 0 aromatic heterocycles. The van der Waals surface area contributed by atoms with Gasteiger partial charge in [-0.15, -0.1) is 0 Å². The fourth-order valence-corrected chi connectivity index (χ4v) is 5.88. The lowest BCUT2D eigenvalue weighted by atomic mass is 9.47. The minimum atomic E-state index is 0.469. The molecule has 3 saturated carbocycles. The second kappa shape index (κ2) is 5.02. The molecule has 4 aliphatic carbocycles. The lowest BCUT2D eigenvalue weighted by Gasteiger charge is -2.58. The summed E-state index contributed by atoms with van der Waals surface area (Å²) in [5.41, 5.74) is 8.05. The van der Waals surface area contributed by atoms with E-state index in [2.05, 4.69) is 25.2 Å². The highest BCUT2D eigenvalue weighted by molar-refractivity contribution is 5.23. The second-order valence-corrected chi connectivity index (χ2v) is 8.20. The van der Waals surface area contributed by atoms with Gasteiger partial charge in [0.25, 0.3) is 0 Å². The molecule has 0 radical (unpaired) electrons. The van der Waals surface area contributed by atoms with Crippen LogP contribution in [0.25, 0.3) is 0 Å². The Morgan fingerprint density at radius 2 is 2.05 bits per heavy atom. The van der Waals surface area contributed by atoms with E-state index in [0.29, 0.717) is 6.04 Å². The Morgan fingerprint density at radius 1 is 1.15 bits per heavy atom. The molecule has 0 aromatic rings. The van der Waals surface area contributed by atoms with Gasteiger partial charge in [-0.2, -0.15) is 0 Å². The Bertz CT molecular complexity index is 431. The van der Waals surface area contributed by atoms with Gasteiger partial charge in [-0.1, -0.05) is 30.7 Å². The third-order valence-electron chi connectivity index (χ3n) is 6.88. The van der Waals surface area contributed by atoms with Gasteiger partial charge in [-0.3, -0.25) is 0 Å². The molecule has 0 heterocycles. The molecule has 4 aliphatic rings. The highest BCUT2D eigenvalue weighted by Gasteiger charge is 2.52. The van der Waals surface area contributed by atoms with Crippen LogP contribution in [-0.2, 0) is 0 Å². The number of allylic oxidation sites excluding steroid dienone is 4. The first-order chi connectivity index (χ1) is 9.70. The molecule has 0 aromatic carbocycles. The van der Waals surface area contributed by atoms with E-state index >= 15 is 0 Å². The molecule has 1 nitrogen and oxygen atoms in total. The van der Waals surface area contributed by atoms with Crippen molar-refractivity contribution < 1.29 is 0 Å². The summed E-state index contributed by atoms with van der Waals surface area (Å²) in [7, 11) is 0. The molecule has 1 heteroatoms. The molecular formula is C19H29N. The average Bonchev–Trinajstić information content (AvgIpc) is 2.99. The van der Waals surface area contributed by atoms with E-state index in [9.17, 15) is 0 Å². The SMILES string of the molecule is CC1CC2CC(CC3CC(N)C(CC4=CC=CC4)C3)C12. The van der Waals surface area contributed by atoms with E-state index in [1.807, 2.05) is 0 Å². The van der Waals surface area contributed by atoms with Crippen LogP contribution in [0.2, 0.25) is 0 Å². The van der Waals surface area contributed by atoms with Gasteiger partial charge in [0.2, 0.25) is 0 Å². The van der Waals surface area contributed by atoms with Crippen molar-refractivity contribution in [3.8, 4) is 0 Å². The average molecular weight is 271 g/mol. The Hall–Kier alpha value is -0.560. The highest BCUT2D eigenvalue weighted by atomic mass is 14.7. The predicted molar refractivity (Wildman–Crippen MR) is 84.1 cm³/mol. The van der Waals surface area contributed by atoms with Crippen LogP contribution in [0.15, 0.2) is 23.8 Å². The maximum absolute atomic E-state index is 6.44. The van der Waals surface area contributed by atoms with E-state index in [-0.39, 0.29) is 0 Å². The zero-order chi connectivity index (χ0) is 13.7. The second-order valence-electron chi connectivity index (χ2n) is 8.20. The van der Waals surface area contributed by atoms with Gasteiger partial charge in [-0.25, -0.2) is 0 Å². The Labute approximate surface area is 123 Å². The summed E-state index contributed by atoms with van der Waals surface area (Å²) < 4.78 is 0. The van der Waals surface area contributed by atoms with Crippen molar-refractivity contribution in [2.75, 3.05) is 0 Å². The van der Waals surface area contributed by atoms with E-state index in [1.165, 1.54) is 38.5 Å². The fraction of sp³-hybridized carbons (Fsp3) is 0.789. The van der Waals surface area contributed by atoms with Crippen LogP contribution in [0, 0.1) is 35.5 Å². The lowest BCUT2D eigenvalue weighted by molar-refractivity contribution is -0.0897. The van der Waals surface area contributed by atoms with Crippen LogP contribution in [0.1, 0.15) is 51.9 Å². The fourth-order valence-electron chi connectivity index (χ4n) is 5.88. The van der Waals surface area contributed by atoms with Crippen LogP contribution < -0.4 is 5.73 Å². The maximum Gasteiger partial charge on any atom is 0.00729 e. The molecule has 0 spiro atoms. The summed E-state index contributed by atoms with van der Waals surface area (Å²) >= 11 is 0. The molecular weight excluding hydrogens is 242 g/mol. The molecule has 110 valence electrons. The highest BCUT2D eigenvalue weighted by Crippen LogP contribution is 2.60. The van der Waals surface area contributed by atoms with Crippen LogP contribution in [0.5, 0.6) is 0 Å². The molecule has 20 heavy (non-hydrogen) atoms. The Morgan fingerprint density at radius 3 is 2.75 bits per heavy atom. The van der Waals surface area contributed by atoms with E-state index in [4.69, 9.17) is 5.73 Å². The quantitative estimate of drug-likeness (QED) is 0.810. The Kier molecular flexibility index (Phi) is 3.29. The third kappa shape index (κ3) is 2.19. The number of rotatable bonds is 4. The first-order valence-electron chi connectivity index (χ1n) is 8.81. The van der Waals surface area contributed by atoms with Crippen molar-refractivity contribution in [2.24, 2.45) is 41.2 Å². The molecule has 0 bridgehead atoms. The van der Waals surface area contributed by atoms with Gasteiger partial charge in [0.15, 0.2) is 0 Å². The first-order valence-corrected chi connectivity index (χ1v) is 8.81. The topological polar surface area (TPSA) is 26.0 Å². The summed E-state index contributed by atoms with van der Waals surface area (Å²) in [6.45, 7) is 2.47. The number of fused-ring (bicyclic) bond motifs is 1. The van der Waals surface area contributed by atoms with Gasteiger partial charge >= 0.3 is 0 Å². The minimum Gasteiger partial charge on any atom is -0.327 e. The predicted octanol–water partition coefficient (Wildman–Crippen LogP) is 4.30. The lowest BCUT2D eigenvalue weighted by Crippen LogP contribution is -2.50. The third-order valence-corrected chi connectivity index (χ3v) is 6.88. The molecule has 2 N–H and O–H groups in total. The molecule has 0 aliphatic heterocycles. The van der Waals surface area contributed by atoms with Gasteiger partial charge in [0, 0.05) is 6.04 Å². The van der Waals surface area contributed by atoms with Crippen LogP contribution in [0.3, 0.4) is 0 Å². The summed E-state index contributed by atoms with van der Waals surface area (Å²) in [5.74, 6) is 6.01. The van der Waals surface area contributed by atoms with E-state index < -0.39 is 0 Å². The van der Waals surface area contributed by atoms with Crippen LogP contribution in [-0.4, -0.2) is 6.04 Å². The molecule has 0 saturated heterocycles. The summed E-state index contributed by atoms with van der Waals surface area (Å²) in [6.07, 6.45) is 16.5. The summed E-state index contributed by atoms with van der Waals surface area (Å²) in [4.78, 5) is 0. The van der Waals surface area contributed by atoms with Gasteiger partial charge < -0.3 is 5.73 Å². The van der Waals surface area contributed by atoms with Crippen molar-refractivity contribution in [1.29, 1.82) is 0 Å². The zero-order valence-corrected chi connectivity index (χ0v) is 12.8.